The van der Waals surface area contributed by atoms with E-state index in [1.54, 1.807) is 24.4 Å². The van der Waals surface area contributed by atoms with Crippen molar-refractivity contribution in [3.63, 3.8) is 0 Å². The third kappa shape index (κ3) is 5.51. The minimum Gasteiger partial charge on any atom is -0.348 e. The molecule has 1 heterocycles. The molecule has 0 radical (unpaired) electrons. The third-order valence-corrected chi connectivity index (χ3v) is 4.96. The Kier molecular flexibility index (Phi) is 6.36. The number of aromatic nitrogens is 1. The van der Waals surface area contributed by atoms with Gasteiger partial charge in [-0.15, -0.1) is 0 Å². The van der Waals surface area contributed by atoms with Gasteiger partial charge in [-0.3, -0.25) is 14.6 Å². The molecule has 1 aliphatic rings. The van der Waals surface area contributed by atoms with Crippen LogP contribution in [0.15, 0.2) is 60.4 Å². The Balaban J connectivity index is 1.49. The molecule has 0 aliphatic heterocycles. The molecule has 1 saturated carbocycles. The highest BCUT2D eigenvalue weighted by Gasteiger charge is 2.17. The van der Waals surface area contributed by atoms with Crippen molar-refractivity contribution in [3.05, 3.63) is 71.6 Å². The Morgan fingerprint density at radius 2 is 1.89 bits per heavy atom. The lowest BCUT2D eigenvalue weighted by Gasteiger charge is -2.10. The number of hydrogen-bond acceptors (Lipinski definition) is 3. The molecule has 0 bridgehead atoms. The Labute approximate surface area is 159 Å². The molecule has 2 aromatic rings. The van der Waals surface area contributed by atoms with Crippen molar-refractivity contribution < 1.29 is 9.59 Å². The van der Waals surface area contributed by atoms with E-state index in [4.69, 9.17) is 0 Å². The van der Waals surface area contributed by atoms with Crippen molar-refractivity contribution in [3.8, 4) is 0 Å². The van der Waals surface area contributed by atoms with E-state index in [2.05, 4.69) is 22.5 Å². The van der Waals surface area contributed by atoms with Crippen LogP contribution in [0, 0.1) is 5.92 Å². The van der Waals surface area contributed by atoms with E-state index >= 15 is 0 Å². The van der Waals surface area contributed by atoms with Gasteiger partial charge in [0.2, 0.25) is 5.91 Å². The van der Waals surface area contributed by atoms with E-state index < -0.39 is 0 Å². The van der Waals surface area contributed by atoms with Gasteiger partial charge >= 0.3 is 0 Å². The maximum absolute atomic E-state index is 12.1. The van der Waals surface area contributed by atoms with Gasteiger partial charge in [0.05, 0.1) is 5.56 Å². The summed E-state index contributed by atoms with van der Waals surface area (Å²) in [5.74, 6) is 0.323. The number of carbonyl (C=O) groups is 2. The summed E-state index contributed by atoms with van der Waals surface area (Å²) < 4.78 is 0. The number of rotatable bonds is 6. The number of amides is 2. The first kappa shape index (κ1) is 18.8. The summed E-state index contributed by atoms with van der Waals surface area (Å²) in [5.41, 5.74) is 3.38. The molecule has 5 heteroatoms. The fourth-order valence-corrected chi connectivity index (χ4v) is 3.35. The molecule has 0 atom stereocenters. The molecule has 0 spiro atoms. The summed E-state index contributed by atoms with van der Waals surface area (Å²) >= 11 is 0. The first-order valence-electron chi connectivity index (χ1n) is 9.38. The van der Waals surface area contributed by atoms with Crippen molar-refractivity contribution in [1.82, 2.24) is 10.3 Å². The zero-order valence-corrected chi connectivity index (χ0v) is 15.6. The molecule has 0 unspecified atom stereocenters. The summed E-state index contributed by atoms with van der Waals surface area (Å²) in [6, 6.07) is 10.9. The quantitative estimate of drug-likeness (QED) is 0.760. The molecule has 1 aliphatic carbocycles. The monoisotopic (exact) mass is 363 g/mol. The molecule has 1 aromatic heterocycles. The summed E-state index contributed by atoms with van der Waals surface area (Å²) in [6.07, 6.45) is 9.81. The van der Waals surface area contributed by atoms with Crippen molar-refractivity contribution in [2.45, 2.75) is 39.2 Å². The molecule has 2 amide bonds. The van der Waals surface area contributed by atoms with E-state index in [1.165, 1.54) is 37.5 Å². The first-order valence-corrected chi connectivity index (χ1v) is 9.38. The van der Waals surface area contributed by atoms with Gasteiger partial charge in [-0.2, -0.15) is 0 Å². The summed E-state index contributed by atoms with van der Waals surface area (Å²) in [5, 5.41) is 5.76. The fourth-order valence-electron chi connectivity index (χ4n) is 3.35. The Morgan fingerprint density at radius 3 is 2.56 bits per heavy atom. The van der Waals surface area contributed by atoms with E-state index in [-0.39, 0.29) is 11.8 Å². The molecule has 2 N–H and O–H groups in total. The van der Waals surface area contributed by atoms with E-state index in [0.29, 0.717) is 23.7 Å². The van der Waals surface area contributed by atoms with Crippen LogP contribution in [0.5, 0.6) is 0 Å². The van der Waals surface area contributed by atoms with Gasteiger partial charge in [-0.1, -0.05) is 30.5 Å². The summed E-state index contributed by atoms with van der Waals surface area (Å²) in [4.78, 5) is 28.2. The second kappa shape index (κ2) is 9.12. The van der Waals surface area contributed by atoms with Gasteiger partial charge in [0.1, 0.15) is 0 Å². The predicted octanol–water partition coefficient (Wildman–Crippen LogP) is 4.09. The Bertz CT molecular complexity index is 807. The molecule has 0 saturated heterocycles. The molecular formula is C22H25N3O2. The smallest absolute Gasteiger partial charge is 0.257 e. The second-order valence-corrected chi connectivity index (χ2v) is 6.98. The van der Waals surface area contributed by atoms with Crippen LogP contribution in [0.25, 0.3) is 0 Å². The zero-order valence-electron chi connectivity index (χ0n) is 15.6. The molecule has 5 nitrogen and oxygen atoms in total. The van der Waals surface area contributed by atoms with Gasteiger partial charge in [0.25, 0.3) is 5.91 Å². The number of benzene rings is 1. The first-order chi connectivity index (χ1) is 13.1. The highest BCUT2D eigenvalue weighted by Crippen LogP contribution is 2.30. The van der Waals surface area contributed by atoms with Gasteiger partial charge in [0, 0.05) is 30.7 Å². The maximum Gasteiger partial charge on any atom is 0.257 e. The lowest BCUT2D eigenvalue weighted by Crippen LogP contribution is -2.21. The minimum atomic E-state index is -0.198. The van der Waals surface area contributed by atoms with Gasteiger partial charge in [0.15, 0.2) is 0 Å². The SMILES string of the molecule is C/C(=C\C(=O)NCc1ccc(NC(=O)c2cccnc2)cc1)C1CCCC1. The predicted molar refractivity (Wildman–Crippen MR) is 106 cm³/mol. The van der Waals surface area contributed by atoms with Crippen LogP contribution >= 0.6 is 0 Å². The number of nitrogens with zero attached hydrogens (tertiary/aromatic N) is 1. The van der Waals surface area contributed by atoms with E-state index in [0.717, 1.165) is 5.56 Å². The van der Waals surface area contributed by atoms with E-state index in [9.17, 15) is 9.59 Å². The van der Waals surface area contributed by atoms with Crippen LogP contribution in [0.4, 0.5) is 5.69 Å². The third-order valence-electron chi connectivity index (χ3n) is 4.96. The number of allylic oxidation sites excluding steroid dienone is 1. The minimum absolute atomic E-state index is 0.0478. The van der Waals surface area contributed by atoms with Gasteiger partial charge in [-0.05, 0) is 55.5 Å². The van der Waals surface area contributed by atoms with Crippen LogP contribution in [0.3, 0.4) is 0 Å². The van der Waals surface area contributed by atoms with E-state index in [1.807, 2.05) is 24.3 Å². The Morgan fingerprint density at radius 1 is 1.15 bits per heavy atom. The highest BCUT2D eigenvalue weighted by molar-refractivity contribution is 6.04. The fraction of sp³-hybridized carbons (Fsp3) is 0.318. The van der Waals surface area contributed by atoms with Crippen LogP contribution in [-0.2, 0) is 11.3 Å². The number of nitrogens with one attached hydrogen (secondary N) is 2. The average Bonchev–Trinajstić information content (AvgIpc) is 3.23. The number of hydrogen-bond donors (Lipinski definition) is 2. The Hall–Kier alpha value is -2.95. The summed E-state index contributed by atoms with van der Waals surface area (Å²) in [6.45, 7) is 2.51. The van der Waals surface area contributed by atoms with Crippen LogP contribution < -0.4 is 10.6 Å². The van der Waals surface area contributed by atoms with Crippen LogP contribution in [-0.4, -0.2) is 16.8 Å². The van der Waals surface area contributed by atoms with Crippen LogP contribution in [0.2, 0.25) is 0 Å². The van der Waals surface area contributed by atoms with Crippen molar-refractivity contribution >= 4 is 17.5 Å². The van der Waals surface area contributed by atoms with Crippen LogP contribution in [0.1, 0.15) is 48.5 Å². The molecular weight excluding hydrogens is 338 g/mol. The highest BCUT2D eigenvalue weighted by atomic mass is 16.2. The molecule has 1 aromatic carbocycles. The normalized spacial score (nSPS) is 14.8. The van der Waals surface area contributed by atoms with Crippen molar-refractivity contribution in [2.24, 2.45) is 5.92 Å². The number of anilines is 1. The van der Waals surface area contributed by atoms with Crippen molar-refractivity contribution in [1.29, 1.82) is 0 Å². The van der Waals surface area contributed by atoms with Gasteiger partial charge < -0.3 is 10.6 Å². The average molecular weight is 363 g/mol. The van der Waals surface area contributed by atoms with Gasteiger partial charge in [-0.25, -0.2) is 0 Å². The molecule has 3 rings (SSSR count). The maximum atomic E-state index is 12.1. The molecule has 1 fully saturated rings. The lowest BCUT2D eigenvalue weighted by molar-refractivity contribution is -0.116. The molecule has 140 valence electrons. The topological polar surface area (TPSA) is 71.1 Å². The van der Waals surface area contributed by atoms with Crippen molar-refractivity contribution in [2.75, 3.05) is 5.32 Å². The zero-order chi connectivity index (χ0) is 19.1. The molecule has 27 heavy (non-hydrogen) atoms. The second-order valence-electron chi connectivity index (χ2n) is 6.98. The lowest BCUT2D eigenvalue weighted by atomic mass is 9.99. The number of carbonyl (C=O) groups excluding carboxylic acids is 2. The summed E-state index contributed by atoms with van der Waals surface area (Å²) in [7, 11) is 0. The largest absolute Gasteiger partial charge is 0.348 e. The number of pyridine rings is 1. The standard InChI is InChI=1S/C22H25N3O2/c1-16(18-5-2-3-6-18)13-21(26)24-14-17-8-10-20(11-9-17)25-22(27)19-7-4-12-23-15-19/h4,7-13,15,18H,2-3,5-6,14H2,1H3,(H,24,26)(H,25,27)/b16-13+.